The number of aliphatic hydroxyl groups excluding tert-OH is 2. The van der Waals surface area contributed by atoms with E-state index in [0.717, 1.165) is 112 Å². The number of likely N-dealkylation sites (N-methyl/N-ethyl adjacent to an activating group) is 2. The molecule has 0 radical (unpaired) electrons. The third-order valence-electron chi connectivity index (χ3n) is 14.7. The summed E-state index contributed by atoms with van der Waals surface area (Å²) in [5.41, 5.74) is 0. The number of quaternary nitrogens is 2. The zero-order chi connectivity index (χ0) is 51.4. The van der Waals surface area contributed by atoms with Crippen molar-refractivity contribution in [1.82, 2.24) is 0 Å². The monoisotopic (exact) mass is 981 g/mol. The first-order chi connectivity index (χ1) is 33.2. The molecule has 2 N–H and O–H groups in total. The summed E-state index contributed by atoms with van der Waals surface area (Å²) in [6.07, 6.45) is 58.0. The molecule has 0 aliphatic rings. The second kappa shape index (κ2) is 53.1. The Morgan fingerprint density at radius 2 is 0.507 bits per heavy atom. The van der Waals surface area contributed by atoms with E-state index < -0.39 is 11.9 Å². The minimum Gasteiger partial charge on any atom is -0.550 e. The molecule has 8 nitrogen and oxygen atoms in total. The van der Waals surface area contributed by atoms with Gasteiger partial charge in [-0.1, -0.05) is 251 Å². The Kier molecular flexibility index (Phi) is 53.7. The lowest BCUT2D eigenvalue weighted by Crippen LogP contribution is -2.46. The van der Waals surface area contributed by atoms with Crippen molar-refractivity contribution in [3.8, 4) is 0 Å². The number of unbranched alkanes of at least 4 members (excludes halogenated alkanes) is 39. The largest absolute Gasteiger partial charge is 0.550 e. The van der Waals surface area contributed by atoms with E-state index in [2.05, 4.69) is 42.0 Å². The van der Waals surface area contributed by atoms with Gasteiger partial charge in [0, 0.05) is 11.9 Å². The molecule has 0 saturated heterocycles. The van der Waals surface area contributed by atoms with E-state index in [9.17, 15) is 30.0 Å². The molecule has 0 bridgehead atoms. The van der Waals surface area contributed by atoms with Gasteiger partial charge in [0.1, 0.15) is 25.3 Å². The highest BCUT2D eigenvalue weighted by atomic mass is 16.4. The molecule has 69 heavy (non-hydrogen) atoms. The fourth-order valence-electron chi connectivity index (χ4n) is 10.2. The summed E-state index contributed by atoms with van der Waals surface area (Å²) < 4.78 is 1.70. The number of carbonyl (C=O) groups is 2. The topological polar surface area (TPSA) is 121 Å². The molecular formula is C61H124N2O6. The van der Waals surface area contributed by atoms with E-state index in [1.54, 1.807) is 0 Å². The molecule has 0 aliphatic carbocycles. The Balaban J connectivity index is 0. The molecule has 0 aromatic heterocycles. The van der Waals surface area contributed by atoms with Gasteiger partial charge in [-0.05, 0) is 64.2 Å². The quantitative estimate of drug-likeness (QED) is 0.0463. The molecule has 0 heterocycles. The first-order valence-electron chi connectivity index (χ1n) is 30.6. The summed E-state index contributed by atoms with van der Waals surface area (Å²) in [6, 6.07) is 0. The third kappa shape index (κ3) is 61.0. The zero-order valence-electron chi connectivity index (χ0n) is 47.6. The van der Waals surface area contributed by atoms with E-state index >= 15 is 0 Å². The molecule has 0 rings (SSSR count). The normalized spacial score (nSPS) is 12.8. The van der Waals surface area contributed by atoms with Gasteiger partial charge in [-0.3, -0.25) is 0 Å². The van der Waals surface area contributed by atoms with Crippen LogP contribution in [0.25, 0.3) is 0 Å². The number of aliphatic hydroxyl groups is 2. The van der Waals surface area contributed by atoms with Crippen LogP contribution in [-0.4, -0.2) is 97.7 Å². The maximum Gasteiger partial charge on any atom is 0.105 e. The number of carboxylic acids is 2. The van der Waals surface area contributed by atoms with Gasteiger partial charge in [-0.15, -0.1) is 0 Å². The van der Waals surface area contributed by atoms with Crippen molar-refractivity contribution >= 4 is 11.9 Å². The highest BCUT2D eigenvalue weighted by Crippen LogP contribution is 2.18. The van der Waals surface area contributed by atoms with Crippen LogP contribution in [0.3, 0.4) is 0 Å². The van der Waals surface area contributed by atoms with Gasteiger partial charge in [0.15, 0.2) is 0 Å². The van der Waals surface area contributed by atoms with Crippen LogP contribution in [0, 0.1) is 0 Å². The number of nitrogens with zero attached hydrogens (tertiary/aromatic N) is 2. The fraction of sp³-hybridized carbons (Fsp3) is 0.967. The molecule has 0 saturated carbocycles. The molecule has 414 valence electrons. The molecule has 0 spiro atoms. The smallest absolute Gasteiger partial charge is 0.105 e. The van der Waals surface area contributed by atoms with Gasteiger partial charge in [0.25, 0.3) is 0 Å². The van der Waals surface area contributed by atoms with Crippen LogP contribution >= 0.6 is 0 Å². The van der Waals surface area contributed by atoms with Crippen LogP contribution in [0.1, 0.15) is 316 Å². The maximum atomic E-state index is 10.4. The van der Waals surface area contributed by atoms with Crippen molar-refractivity contribution in [3.05, 3.63) is 0 Å². The summed E-state index contributed by atoms with van der Waals surface area (Å²) in [5, 5.41) is 41.7. The summed E-state index contributed by atoms with van der Waals surface area (Å²) in [7, 11) is 8.78. The standard InChI is InChI=1S/C31H63NO3.C30H61NO3/c1-4-5-6-7-8-9-10-11-12-13-14-15-16-17-18-19-20-23-26-30(33)29-32(2,3)28-25-22-21-24-27-31(34)35;1-4-5-6-7-8-9-10-11-12-13-14-15-16-17-18-19-22-25-29(32)28-31(2,3)27-24-21-20-23-26-30(33)34/h30,33H,4-29H2,1-3H3;29,32H,4-28H2,1-3H3. The van der Waals surface area contributed by atoms with Crippen molar-refractivity contribution < 1.29 is 39.0 Å². The highest BCUT2D eigenvalue weighted by molar-refractivity contribution is 5.64. The number of carboxylic acid groups (broad SMARTS) is 2. The number of rotatable bonds is 55. The summed E-state index contributed by atoms with van der Waals surface area (Å²) in [6.45, 7) is 8.29. The molecular weight excluding hydrogens is 857 g/mol. The lowest BCUT2D eigenvalue weighted by molar-refractivity contribution is -0.893. The summed E-state index contributed by atoms with van der Waals surface area (Å²) in [4.78, 5) is 20.9. The second-order valence-electron chi connectivity index (χ2n) is 23.3. The van der Waals surface area contributed by atoms with E-state index in [4.69, 9.17) is 0 Å². The van der Waals surface area contributed by atoms with Gasteiger partial charge < -0.3 is 39.0 Å². The maximum absolute atomic E-state index is 10.4. The van der Waals surface area contributed by atoms with Crippen LogP contribution < -0.4 is 10.2 Å². The molecule has 0 aromatic rings. The fourth-order valence-corrected chi connectivity index (χ4v) is 10.2. The molecule has 0 aromatic carbocycles. The number of carbonyl (C=O) groups excluding carboxylic acids is 2. The molecule has 0 amide bonds. The molecule has 8 heteroatoms. The average molecular weight is 982 g/mol. The highest BCUT2D eigenvalue weighted by Gasteiger charge is 2.21. The first-order valence-corrected chi connectivity index (χ1v) is 30.6. The van der Waals surface area contributed by atoms with Crippen LogP contribution in [0.15, 0.2) is 0 Å². The predicted molar refractivity (Wildman–Crippen MR) is 294 cm³/mol. The van der Waals surface area contributed by atoms with Crippen LogP contribution in [0.5, 0.6) is 0 Å². The van der Waals surface area contributed by atoms with Crippen molar-refractivity contribution in [2.45, 2.75) is 328 Å². The first kappa shape index (κ1) is 69.9. The summed E-state index contributed by atoms with van der Waals surface area (Å²) >= 11 is 0. The van der Waals surface area contributed by atoms with Gasteiger partial charge in [-0.25, -0.2) is 0 Å². The van der Waals surface area contributed by atoms with Gasteiger partial charge in [-0.2, -0.15) is 0 Å². The van der Waals surface area contributed by atoms with E-state index in [-0.39, 0.29) is 25.0 Å². The minimum atomic E-state index is -0.941. The number of hydrogen-bond donors (Lipinski definition) is 2. The van der Waals surface area contributed by atoms with Crippen molar-refractivity contribution in [3.63, 3.8) is 0 Å². The lowest BCUT2D eigenvalue weighted by atomic mass is 10.0. The molecule has 0 fully saturated rings. The summed E-state index contributed by atoms with van der Waals surface area (Å²) in [5.74, 6) is -1.88. The molecule has 0 aliphatic heterocycles. The van der Waals surface area contributed by atoms with Crippen LogP contribution in [0.2, 0.25) is 0 Å². The van der Waals surface area contributed by atoms with Crippen molar-refractivity contribution in [1.29, 1.82) is 0 Å². The van der Waals surface area contributed by atoms with Crippen molar-refractivity contribution in [2.24, 2.45) is 0 Å². The third-order valence-corrected chi connectivity index (χ3v) is 14.7. The van der Waals surface area contributed by atoms with E-state index in [1.807, 2.05) is 0 Å². The average Bonchev–Trinajstić information content (AvgIpc) is 3.29. The predicted octanol–water partition coefficient (Wildman–Crippen LogP) is 14.7. The van der Waals surface area contributed by atoms with Crippen LogP contribution in [0.4, 0.5) is 0 Å². The van der Waals surface area contributed by atoms with Crippen molar-refractivity contribution in [2.75, 3.05) is 54.4 Å². The van der Waals surface area contributed by atoms with Gasteiger partial charge >= 0.3 is 0 Å². The van der Waals surface area contributed by atoms with E-state index in [1.165, 1.54) is 212 Å². The lowest BCUT2D eigenvalue weighted by Gasteiger charge is -2.32. The Labute approximate surface area is 431 Å². The minimum absolute atomic E-state index is 0.177. The second-order valence-corrected chi connectivity index (χ2v) is 23.3. The SMILES string of the molecule is CCCCCCCCCCCCCCCCCCCC(O)C[N+](C)(C)CCCCCCC(=O)[O-].CCCCCCCCCCCCCCCCCCCCC(O)C[N+](C)(C)CCCCCCC(=O)[O-]. The number of hydrogen-bond acceptors (Lipinski definition) is 6. The Morgan fingerprint density at radius 1 is 0.319 bits per heavy atom. The van der Waals surface area contributed by atoms with Crippen LogP contribution in [-0.2, 0) is 9.59 Å². The Hall–Kier alpha value is -1.22. The molecule has 2 unspecified atom stereocenters. The molecule has 2 atom stereocenters. The Bertz CT molecular complexity index is 1050. The van der Waals surface area contributed by atoms with E-state index in [0.29, 0.717) is 0 Å². The van der Waals surface area contributed by atoms with Gasteiger partial charge in [0.2, 0.25) is 0 Å². The van der Waals surface area contributed by atoms with Gasteiger partial charge in [0.05, 0.1) is 41.3 Å². The Morgan fingerprint density at radius 3 is 0.725 bits per heavy atom. The number of aliphatic carboxylic acids is 2. The zero-order valence-corrected chi connectivity index (χ0v) is 47.6.